The Morgan fingerprint density at radius 3 is 2.38 bits per heavy atom. The molecule has 0 aromatic heterocycles. The monoisotopic (exact) mass is 445 g/mol. The maximum Gasteiger partial charge on any atom is 0.293 e. The van der Waals surface area contributed by atoms with E-state index in [-0.39, 0.29) is 17.7 Å². The fourth-order valence-electron chi connectivity index (χ4n) is 3.29. The lowest BCUT2D eigenvalue weighted by Gasteiger charge is -2.12. The Morgan fingerprint density at radius 2 is 1.66 bits per heavy atom. The van der Waals surface area contributed by atoms with Crippen molar-refractivity contribution in [3.63, 3.8) is 0 Å². The van der Waals surface area contributed by atoms with Gasteiger partial charge in [0.2, 0.25) is 0 Å². The predicted octanol–water partition coefficient (Wildman–Crippen LogP) is 5.82. The van der Waals surface area contributed by atoms with Gasteiger partial charge in [0, 0.05) is 0 Å². The number of amides is 2. The highest BCUT2D eigenvalue weighted by atomic mass is 32.2. The summed E-state index contributed by atoms with van der Waals surface area (Å²) >= 11 is 0.949. The van der Waals surface area contributed by atoms with E-state index in [9.17, 15) is 9.59 Å². The van der Waals surface area contributed by atoms with E-state index in [2.05, 4.69) is 0 Å². The van der Waals surface area contributed by atoms with Gasteiger partial charge in [0.05, 0.1) is 18.6 Å². The number of rotatable bonds is 7. The van der Waals surface area contributed by atoms with Crippen LogP contribution in [0, 0.1) is 6.92 Å². The number of carbonyl (C=O) groups excluding carboxylic acids is 2. The summed E-state index contributed by atoms with van der Waals surface area (Å²) in [5.41, 5.74) is 3.93. The molecule has 1 heterocycles. The maximum atomic E-state index is 12.8. The van der Waals surface area contributed by atoms with Gasteiger partial charge in [-0.2, -0.15) is 0 Å². The molecule has 0 aliphatic carbocycles. The lowest BCUT2D eigenvalue weighted by atomic mass is 10.1. The molecule has 6 heteroatoms. The molecule has 0 N–H and O–H groups in total. The van der Waals surface area contributed by atoms with E-state index in [1.165, 1.54) is 10.5 Å². The summed E-state index contributed by atoms with van der Waals surface area (Å²) in [6.07, 6.45) is 1.71. The number of methoxy groups -OCH3 is 1. The molecule has 3 aromatic carbocycles. The van der Waals surface area contributed by atoms with Crippen molar-refractivity contribution in [1.29, 1.82) is 0 Å². The van der Waals surface area contributed by atoms with Crippen molar-refractivity contribution in [3.05, 3.63) is 100.0 Å². The highest BCUT2D eigenvalue weighted by Gasteiger charge is 2.34. The van der Waals surface area contributed by atoms with Gasteiger partial charge in [0.15, 0.2) is 11.5 Å². The molecule has 2 amide bonds. The second kappa shape index (κ2) is 9.75. The first-order chi connectivity index (χ1) is 15.5. The first-order valence-electron chi connectivity index (χ1n) is 10.2. The smallest absolute Gasteiger partial charge is 0.293 e. The van der Waals surface area contributed by atoms with Crippen molar-refractivity contribution >= 4 is 29.0 Å². The molecule has 0 bridgehead atoms. The zero-order valence-electron chi connectivity index (χ0n) is 17.9. The number of imide groups is 1. The van der Waals surface area contributed by atoms with Gasteiger partial charge in [0.1, 0.15) is 6.61 Å². The number of hydrogen-bond acceptors (Lipinski definition) is 5. The van der Waals surface area contributed by atoms with Crippen LogP contribution in [0.3, 0.4) is 0 Å². The topological polar surface area (TPSA) is 55.8 Å². The third kappa shape index (κ3) is 5.03. The summed E-state index contributed by atoms with van der Waals surface area (Å²) in [6.45, 7) is 2.73. The summed E-state index contributed by atoms with van der Waals surface area (Å²) in [5.74, 6) is 0.888. The van der Waals surface area contributed by atoms with Crippen LogP contribution < -0.4 is 9.47 Å². The zero-order chi connectivity index (χ0) is 22.5. The van der Waals surface area contributed by atoms with Gasteiger partial charge in [-0.15, -0.1) is 0 Å². The fourth-order valence-corrected chi connectivity index (χ4v) is 4.13. The van der Waals surface area contributed by atoms with Crippen molar-refractivity contribution in [3.8, 4) is 11.5 Å². The van der Waals surface area contributed by atoms with E-state index in [4.69, 9.17) is 9.47 Å². The van der Waals surface area contributed by atoms with Crippen LogP contribution in [0.4, 0.5) is 4.79 Å². The van der Waals surface area contributed by atoms with Gasteiger partial charge in [0.25, 0.3) is 11.1 Å². The first-order valence-corrected chi connectivity index (χ1v) is 11.0. The molecule has 0 unspecified atom stereocenters. The van der Waals surface area contributed by atoms with Crippen LogP contribution in [0.15, 0.2) is 77.7 Å². The van der Waals surface area contributed by atoms with Gasteiger partial charge in [-0.1, -0.05) is 66.2 Å². The Bertz CT molecular complexity index is 1160. The highest BCUT2D eigenvalue weighted by Crippen LogP contribution is 2.35. The van der Waals surface area contributed by atoms with Crippen LogP contribution in [0.25, 0.3) is 6.08 Å². The van der Waals surface area contributed by atoms with Crippen molar-refractivity contribution in [1.82, 2.24) is 4.90 Å². The SMILES string of the molecule is COc1cc(/C=C2/SC(=O)N(Cc3ccccc3)C2=O)ccc1OCc1ccc(C)cc1. The van der Waals surface area contributed by atoms with Gasteiger partial charge in [-0.3, -0.25) is 14.5 Å². The quantitative estimate of drug-likeness (QED) is 0.429. The summed E-state index contributed by atoms with van der Waals surface area (Å²) in [6, 6.07) is 23.1. The van der Waals surface area contributed by atoms with E-state index in [0.717, 1.165) is 28.5 Å². The van der Waals surface area contributed by atoms with E-state index >= 15 is 0 Å². The minimum absolute atomic E-state index is 0.262. The third-order valence-electron chi connectivity index (χ3n) is 5.06. The maximum absolute atomic E-state index is 12.8. The van der Waals surface area contributed by atoms with Crippen LogP contribution in [0.2, 0.25) is 0 Å². The molecule has 0 saturated carbocycles. The number of benzene rings is 3. The van der Waals surface area contributed by atoms with Crippen molar-refractivity contribution in [2.45, 2.75) is 20.1 Å². The number of thioether (sulfide) groups is 1. The average Bonchev–Trinajstić information content (AvgIpc) is 3.07. The number of nitrogens with zero attached hydrogens (tertiary/aromatic N) is 1. The van der Waals surface area contributed by atoms with Gasteiger partial charge < -0.3 is 9.47 Å². The molecule has 3 aromatic rings. The van der Waals surface area contributed by atoms with Crippen molar-refractivity contribution < 1.29 is 19.1 Å². The minimum atomic E-state index is -0.289. The number of aryl methyl sites for hydroxylation is 1. The van der Waals surface area contributed by atoms with Gasteiger partial charge in [-0.05, 0) is 53.6 Å². The van der Waals surface area contributed by atoms with E-state index in [0.29, 0.717) is 23.0 Å². The van der Waals surface area contributed by atoms with Crippen molar-refractivity contribution in [2.24, 2.45) is 0 Å². The number of carbonyl (C=O) groups is 2. The Morgan fingerprint density at radius 1 is 0.906 bits per heavy atom. The van der Waals surface area contributed by atoms with Crippen LogP contribution in [0.5, 0.6) is 11.5 Å². The largest absolute Gasteiger partial charge is 0.493 e. The number of ether oxygens (including phenoxy) is 2. The Hall–Kier alpha value is -3.51. The molecule has 1 aliphatic rings. The molecule has 0 spiro atoms. The molecule has 0 radical (unpaired) electrons. The fraction of sp³-hybridized carbons (Fsp3) is 0.154. The molecule has 32 heavy (non-hydrogen) atoms. The summed E-state index contributed by atoms with van der Waals surface area (Å²) in [5, 5.41) is -0.268. The lowest BCUT2D eigenvalue weighted by Crippen LogP contribution is -2.27. The summed E-state index contributed by atoms with van der Waals surface area (Å²) < 4.78 is 11.4. The molecule has 4 rings (SSSR count). The van der Waals surface area contributed by atoms with Crippen LogP contribution >= 0.6 is 11.8 Å². The Labute approximate surface area is 191 Å². The lowest BCUT2D eigenvalue weighted by molar-refractivity contribution is -0.123. The first kappa shape index (κ1) is 21.7. The van der Waals surface area contributed by atoms with Crippen LogP contribution in [-0.2, 0) is 17.9 Å². The Balaban J connectivity index is 1.48. The van der Waals surface area contributed by atoms with E-state index in [1.807, 2.05) is 73.7 Å². The van der Waals surface area contributed by atoms with E-state index < -0.39 is 0 Å². The van der Waals surface area contributed by atoms with Crippen molar-refractivity contribution in [2.75, 3.05) is 7.11 Å². The second-order valence-corrected chi connectivity index (χ2v) is 8.43. The van der Waals surface area contributed by atoms with Crippen LogP contribution in [0.1, 0.15) is 22.3 Å². The zero-order valence-corrected chi connectivity index (χ0v) is 18.7. The van der Waals surface area contributed by atoms with E-state index in [1.54, 1.807) is 19.3 Å². The Kier molecular flexibility index (Phi) is 6.61. The van der Waals surface area contributed by atoms with Crippen LogP contribution in [-0.4, -0.2) is 23.2 Å². The van der Waals surface area contributed by atoms with Gasteiger partial charge in [-0.25, -0.2) is 0 Å². The summed E-state index contributed by atoms with van der Waals surface area (Å²) in [7, 11) is 1.57. The number of hydrogen-bond donors (Lipinski definition) is 0. The predicted molar refractivity (Wildman–Crippen MR) is 126 cm³/mol. The molecular weight excluding hydrogens is 422 g/mol. The molecule has 1 saturated heterocycles. The summed E-state index contributed by atoms with van der Waals surface area (Å²) in [4.78, 5) is 26.8. The third-order valence-corrected chi connectivity index (χ3v) is 5.96. The molecule has 1 fully saturated rings. The molecular formula is C26H23NO4S. The normalized spacial score (nSPS) is 14.8. The molecule has 162 valence electrons. The average molecular weight is 446 g/mol. The molecule has 0 atom stereocenters. The molecule has 1 aliphatic heterocycles. The standard InChI is InChI=1S/C26H23NO4S/c1-18-8-10-20(11-9-18)17-31-22-13-12-21(14-23(22)30-2)15-24-25(28)27(26(29)32-24)16-19-6-4-3-5-7-19/h3-15H,16-17H2,1-2H3/b24-15+. The minimum Gasteiger partial charge on any atom is -0.493 e. The molecule has 5 nitrogen and oxygen atoms in total. The van der Waals surface area contributed by atoms with Gasteiger partial charge >= 0.3 is 0 Å². The second-order valence-electron chi connectivity index (χ2n) is 7.44. The highest BCUT2D eigenvalue weighted by molar-refractivity contribution is 8.18.